The number of ketones is 1. The Hall–Kier alpha value is -0.900. The van der Waals surface area contributed by atoms with Crippen LogP contribution in [0.2, 0.25) is 0 Å². The lowest BCUT2D eigenvalue weighted by Crippen LogP contribution is -2.14. The van der Waals surface area contributed by atoms with Crippen LogP contribution in [0, 0.1) is 0 Å². The summed E-state index contributed by atoms with van der Waals surface area (Å²) in [6.07, 6.45) is -0.0676. The van der Waals surface area contributed by atoms with Gasteiger partial charge in [0.1, 0.15) is 5.78 Å². The van der Waals surface area contributed by atoms with E-state index in [0.717, 1.165) is 0 Å². The third-order valence-corrected chi connectivity index (χ3v) is 0.845. The Morgan fingerprint density at radius 1 is 1.33 bits per heavy atom. The largest absolute Gasteiger partial charge is 0.481 e. The second-order valence-corrected chi connectivity index (χ2v) is 1.64. The van der Waals surface area contributed by atoms with E-state index in [0.29, 0.717) is 0 Å². The maximum Gasteiger partial charge on any atom is 0.303 e. The van der Waals surface area contributed by atoms with Gasteiger partial charge in [0.05, 0.1) is 13.0 Å². The van der Waals surface area contributed by atoms with Crippen LogP contribution in [0.15, 0.2) is 0 Å². The summed E-state index contributed by atoms with van der Waals surface area (Å²) in [6.45, 7) is -0.0622. The second kappa shape index (κ2) is 4.03. The third-order valence-electron chi connectivity index (χ3n) is 0.845. The maximum absolute atomic E-state index is 10.3. The fourth-order valence-electron chi connectivity index (χ4n) is 0.348. The second-order valence-electron chi connectivity index (χ2n) is 1.64. The number of carboxylic acids is 1. The van der Waals surface area contributed by atoms with Crippen molar-refractivity contribution in [1.29, 1.82) is 0 Å². The highest BCUT2D eigenvalue weighted by Crippen LogP contribution is 1.87. The zero-order valence-electron chi connectivity index (χ0n) is 4.96. The molecule has 0 unspecified atom stereocenters. The van der Waals surface area contributed by atoms with Gasteiger partial charge in [0.2, 0.25) is 0 Å². The van der Waals surface area contributed by atoms with E-state index in [-0.39, 0.29) is 25.2 Å². The summed E-state index contributed by atoms with van der Waals surface area (Å²) >= 11 is 0. The van der Waals surface area contributed by atoms with Crippen molar-refractivity contribution in [2.75, 3.05) is 6.54 Å². The molecule has 0 radical (unpaired) electrons. The van der Waals surface area contributed by atoms with E-state index in [4.69, 9.17) is 10.8 Å². The fraction of sp³-hybridized carbons (Fsp3) is 0.600. The Labute approximate surface area is 52.7 Å². The van der Waals surface area contributed by atoms with Crippen LogP contribution in [0.3, 0.4) is 0 Å². The van der Waals surface area contributed by atoms with Gasteiger partial charge in [-0.1, -0.05) is 0 Å². The van der Waals surface area contributed by atoms with E-state index < -0.39 is 5.97 Å². The smallest absolute Gasteiger partial charge is 0.303 e. The van der Waals surface area contributed by atoms with Crippen molar-refractivity contribution in [2.24, 2.45) is 5.73 Å². The molecule has 0 saturated carbocycles. The molecule has 0 atom stereocenters. The average Bonchev–Trinajstić information content (AvgIpc) is 1.83. The molecule has 0 amide bonds. The molecule has 52 valence electrons. The van der Waals surface area contributed by atoms with Crippen LogP contribution in [0.5, 0.6) is 0 Å². The lowest BCUT2D eigenvalue weighted by atomic mass is 11.2. The van der Waals surface area contributed by atoms with Gasteiger partial charge < -0.3 is 10.8 Å². The van der Waals surface area contributed by atoms with E-state index in [1.54, 1.807) is 0 Å². The molecule has 4 heteroatoms. The number of carbonyl (C=O) groups is 2. The minimum absolute atomic E-state index is 0.0475. The van der Waals surface area contributed by atoms with Gasteiger partial charge in [-0.15, -0.1) is 0 Å². The number of nitrogens with two attached hydrogens (primary N) is 1. The van der Waals surface area contributed by atoms with Gasteiger partial charge in [0, 0.05) is 6.42 Å². The Kier molecular flexibility index (Phi) is 3.62. The van der Waals surface area contributed by atoms with Crippen molar-refractivity contribution < 1.29 is 14.7 Å². The molecule has 0 aromatic carbocycles. The lowest BCUT2D eigenvalue weighted by molar-refractivity contribution is -0.138. The topological polar surface area (TPSA) is 80.4 Å². The molecule has 0 aliphatic heterocycles. The van der Waals surface area contributed by atoms with Gasteiger partial charge in [-0.25, -0.2) is 0 Å². The van der Waals surface area contributed by atoms with Crippen molar-refractivity contribution >= 4 is 11.8 Å². The zero-order valence-corrected chi connectivity index (χ0v) is 4.96. The van der Waals surface area contributed by atoms with E-state index in [9.17, 15) is 9.59 Å². The van der Waals surface area contributed by atoms with Crippen LogP contribution < -0.4 is 5.73 Å². The van der Waals surface area contributed by atoms with Crippen LogP contribution in [0.1, 0.15) is 12.8 Å². The molecule has 9 heavy (non-hydrogen) atoms. The Morgan fingerprint density at radius 2 is 1.89 bits per heavy atom. The van der Waals surface area contributed by atoms with E-state index in [2.05, 4.69) is 0 Å². The summed E-state index contributed by atoms with van der Waals surface area (Å²) in [4.78, 5) is 20.2. The molecular formula is C5H9NO3. The first-order valence-electron chi connectivity index (χ1n) is 2.60. The summed E-state index contributed by atoms with van der Waals surface area (Å²) < 4.78 is 0. The normalized spacial score (nSPS) is 9.00. The standard InChI is InChI=1S/C5H9NO3/c6-3-4(7)1-2-5(8)9/h1-3,6H2,(H,8,9)/i1+1,2+1,3+1,4+1,5+1. The van der Waals surface area contributed by atoms with Crippen LogP contribution >= 0.6 is 0 Å². The first-order valence-corrected chi connectivity index (χ1v) is 2.60. The first-order chi connectivity index (χ1) is 4.16. The molecular weight excluding hydrogens is 127 g/mol. The molecule has 0 aliphatic carbocycles. The predicted molar refractivity (Wildman–Crippen MR) is 30.9 cm³/mol. The third kappa shape index (κ3) is 4.96. The molecule has 0 aliphatic rings. The van der Waals surface area contributed by atoms with E-state index in [1.165, 1.54) is 0 Å². The monoisotopic (exact) mass is 136 g/mol. The molecule has 0 rings (SSSR count). The van der Waals surface area contributed by atoms with Gasteiger partial charge >= 0.3 is 5.97 Å². The molecule has 0 aromatic rings. The minimum atomic E-state index is -0.961. The van der Waals surface area contributed by atoms with Crippen molar-refractivity contribution in [3.8, 4) is 0 Å². The minimum Gasteiger partial charge on any atom is -0.481 e. The van der Waals surface area contributed by atoms with Crippen LogP contribution in [0.4, 0.5) is 0 Å². The first kappa shape index (κ1) is 8.10. The van der Waals surface area contributed by atoms with Crippen molar-refractivity contribution in [2.45, 2.75) is 12.8 Å². The number of hydrogen-bond donors (Lipinski definition) is 2. The lowest BCUT2D eigenvalue weighted by Gasteiger charge is -1.90. The van der Waals surface area contributed by atoms with Crippen molar-refractivity contribution in [3.63, 3.8) is 0 Å². The van der Waals surface area contributed by atoms with Crippen LogP contribution in [-0.2, 0) is 9.59 Å². The highest BCUT2D eigenvalue weighted by molar-refractivity contribution is 5.83. The highest BCUT2D eigenvalue weighted by atomic mass is 16.5. The average molecular weight is 136 g/mol. The molecule has 0 saturated heterocycles. The van der Waals surface area contributed by atoms with Crippen LogP contribution in [0.25, 0.3) is 0 Å². The molecule has 3 N–H and O–H groups in total. The molecule has 4 nitrogen and oxygen atoms in total. The number of Topliss-reactive ketones (excluding diaryl/α,β-unsaturated/α-hetero) is 1. The highest BCUT2D eigenvalue weighted by Gasteiger charge is 2.01. The molecule has 0 heterocycles. The van der Waals surface area contributed by atoms with Gasteiger partial charge in [0.25, 0.3) is 0 Å². The molecule has 0 spiro atoms. The molecule has 0 aromatic heterocycles. The zero-order chi connectivity index (χ0) is 7.28. The number of hydrogen-bond acceptors (Lipinski definition) is 3. The summed E-state index contributed by atoms with van der Waals surface area (Å²) in [7, 11) is 0. The Balaban J connectivity index is 3.28. The predicted octanol–water partition coefficient (Wildman–Crippen LogP) is -0.621. The number of aliphatic carboxylic acids is 1. The van der Waals surface area contributed by atoms with Gasteiger partial charge in [0.15, 0.2) is 0 Å². The number of rotatable bonds is 4. The summed E-state index contributed by atoms with van der Waals surface area (Å²) in [5, 5.41) is 8.06. The summed E-state index contributed by atoms with van der Waals surface area (Å²) in [6, 6.07) is 0. The van der Waals surface area contributed by atoms with E-state index >= 15 is 0 Å². The van der Waals surface area contributed by atoms with Gasteiger partial charge in [-0.3, -0.25) is 9.59 Å². The Morgan fingerprint density at radius 3 is 2.22 bits per heavy atom. The molecule has 0 bridgehead atoms. The molecule has 0 fully saturated rings. The fourth-order valence-corrected chi connectivity index (χ4v) is 0.348. The van der Waals surface area contributed by atoms with Gasteiger partial charge in [-0.2, -0.15) is 0 Å². The number of carboxylic acid groups (broad SMARTS) is 1. The maximum atomic E-state index is 10.3. The van der Waals surface area contributed by atoms with Crippen molar-refractivity contribution in [1.82, 2.24) is 0 Å². The van der Waals surface area contributed by atoms with Crippen LogP contribution in [-0.4, -0.2) is 23.4 Å². The Bertz CT molecular complexity index is 121. The quantitative estimate of drug-likeness (QED) is 0.504. The summed E-state index contributed by atoms with van der Waals surface area (Å²) in [5.74, 6) is -1.17. The summed E-state index contributed by atoms with van der Waals surface area (Å²) in [5.41, 5.74) is 4.92. The van der Waals surface area contributed by atoms with Crippen molar-refractivity contribution in [3.05, 3.63) is 0 Å². The van der Waals surface area contributed by atoms with Gasteiger partial charge in [-0.05, 0) is 0 Å². The van der Waals surface area contributed by atoms with E-state index in [1.807, 2.05) is 0 Å². The SMILES string of the molecule is N[13CH2][13C](=O)[13CH2][13CH2][13C](=O)O. The number of carbonyl (C=O) groups excluding carboxylic acids is 1.